The van der Waals surface area contributed by atoms with Crippen molar-refractivity contribution in [2.75, 3.05) is 38.7 Å². The molecule has 1 atom stereocenters. The van der Waals surface area contributed by atoms with Gasteiger partial charge in [0, 0.05) is 38.6 Å². The summed E-state index contributed by atoms with van der Waals surface area (Å²) < 4.78 is 5.43. The first-order chi connectivity index (χ1) is 9.74. The van der Waals surface area contributed by atoms with Crippen LogP contribution in [0.3, 0.4) is 0 Å². The Hall–Kier alpha value is -1.66. The Morgan fingerprint density at radius 2 is 2.45 bits per heavy atom. The van der Waals surface area contributed by atoms with Crippen LogP contribution in [0.1, 0.15) is 12.6 Å². The number of likely N-dealkylation sites (N-methyl/N-ethyl adjacent to an activating group) is 1. The number of carbonyl (C=O) groups is 1. The molecule has 1 amide bonds. The average Bonchev–Trinajstić information content (AvgIpc) is 2.48. The second kappa shape index (κ2) is 7.21. The number of anilines is 1. The van der Waals surface area contributed by atoms with Gasteiger partial charge >= 0.3 is 0 Å². The lowest BCUT2D eigenvalue weighted by Gasteiger charge is -2.34. The van der Waals surface area contributed by atoms with Gasteiger partial charge in [-0.3, -0.25) is 14.7 Å². The molecule has 110 valence electrons. The smallest absolute Gasteiger partial charge is 0.239 e. The van der Waals surface area contributed by atoms with Crippen LogP contribution < -0.4 is 10.6 Å². The summed E-state index contributed by atoms with van der Waals surface area (Å²) in [6.45, 7) is 5.05. The van der Waals surface area contributed by atoms with Crippen LogP contribution in [0.25, 0.3) is 0 Å². The van der Waals surface area contributed by atoms with Gasteiger partial charge < -0.3 is 15.4 Å². The first-order valence-corrected chi connectivity index (χ1v) is 6.96. The Morgan fingerprint density at radius 3 is 3.20 bits per heavy atom. The molecule has 1 saturated heterocycles. The molecule has 0 bridgehead atoms. The van der Waals surface area contributed by atoms with E-state index in [0.717, 1.165) is 17.9 Å². The van der Waals surface area contributed by atoms with E-state index in [1.165, 1.54) is 0 Å². The molecular weight excluding hydrogens is 256 g/mol. The second-order valence-electron chi connectivity index (χ2n) is 4.74. The lowest BCUT2D eigenvalue weighted by Crippen LogP contribution is -2.53. The van der Waals surface area contributed by atoms with Crippen molar-refractivity contribution >= 4 is 11.6 Å². The van der Waals surface area contributed by atoms with Gasteiger partial charge in [0.15, 0.2) is 0 Å². The number of hydrogen-bond acceptors (Lipinski definition) is 5. The number of morpholine rings is 1. The van der Waals surface area contributed by atoms with Gasteiger partial charge in [0.2, 0.25) is 5.91 Å². The zero-order chi connectivity index (χ0) is 14.4. The molecule has 1 aromatic heterocycles. The lowest BCUT2D eigenvalue weighted by atomic mass is 10.2. The third-order valence-corrected chi connectivity index (χ3v) is 3.36. The number of amides is 1. The first-order valence-electron chi connectivity index (χ1n) is 6.96. The molecule has 6 heteroatoms. The maximum atomic E-state index is 12.1. The number of aromatic nitrogens is 1. The van der Waals surface area contributed by atoms with E-state index in [1.54, 1.807) is 6.20 Å². The van der Waals surface area contributed by atoms with Crippen molar-refractivity contribution in [1.29, 1.82) is 0 Å². The van der Waals surface area contributed by atoms with E-state index in [0.29, 0.717) is 26.3 Å². The predicted octanol–water partition coefficient (Wildman–Crippen LogP) is 0.460. The third kappa shape index (κ3) is 3.68. The number of nitrogens with zero attached hydrogens (tertiary/aromatic N) is 2. The highest BCUT2D eigenvalue weighted by Gasteiger charge is 2.29. The van der Waals surface area contributed by atoms with Gasteiger partial charge in [-0.25, -0.2) is 0 Å². The molecule has 0 saturated carbocycles. The number of hydrogen-bond donors (Lipinski definition) is 2. The van der Waals surface area contributed by atoms with Gasteiger partial charge in [-0.05, 0) is 19.1 Å². The van der Waals surface area contributed by atoms with Crippen LogP contribution in [0, 0.1) is 0 Å². The van der Waals surface area contributed by atoms with Gasteiger partial charge in [0.05, 0.1) is 18.9 Å². The number of rotatable bonds is 5. The fraction of sp³-hybridized carbons (Fsp3) is 0.571. The fourth-order valence-electron chi connectivity index (χ4n) is 2.29. The standard InChI is InChI=1S/C14H22N4O2/c1-3-16-14(19)13-10-20-7-6-18(13)9-12-8-11(15-2)4-5-17-12/h4-5,8,13H,3,6-7,9-10H2,1-2H3,(H,15,17)(H,16,19). The van der Waals surface area contributed by atoms with Gasteiger partial charge in [0.1, 0.15) is 6.04 Å². The predicted molar refractivity (Wildman–Crippen MR) is 77.5 cm³/mol. The Kier molecular flexibility index (Phi) is 5.31. The number of nitrogens with one attached hydrogen (secondary N) is 2. The Morgan fingerprint density at radius 1 is 1.60 bits per heavy atom. The van der Waals surface area contributed by atoms with Gasteiger partial charge in [-0.1, -0.05) is 0 Å². The maximum Gasteiger partial charge on any atom is 0.239 e. The Bertz CT molecular complexity index is 453. The summed E-state index contributed by atoms with van der Waals surface area (Å²) in [5.41, 5.74) is 1.98. The molecule has 1 aromatic rings. The third-order valence-electron chi connectivity index (χ3n) is 3.36. The van der Waals surface area contributed by atoms with Crippen molar-refractivity contribution in [1.82, 2.24) is 15.2 Å². The summed E-state index contributed by atoms with van der Waals surface area (Å²) in [6, 6.07) is 3.69. The molecule has 2 heterocycles. The van der Waals surface area contributed by atoms with E-state index in [4.69, 9.17) is 4.74 Å². The minimum atomic E-state index is -0.233. The van der Waals surface area contributed by atoms with E-state index >= 15 is 0 Å². The maximum absolute atomic E-state index is 12.1. The average molecular weight is 278 g/mol. The zero-order valence-electron chi connectivity index (χ0n) is 12.1. The van der Waals surface area contributed by atoms with Crippen LogP contribution in [0.15, 0.2) is 18.3 Å². The zero-order valence-corrected chi connectivity index (χ0v) is 12.1. The largest absolute Gasteiger partial charge is 0.388 e. The molecule has 1 unspecified atom stereocenters. The van der Waals surface area contributed by atoms with E-state index in [2.05, 4.69) is 20.5 Å². The molecule has 20 heavy (non-hydrogen) atoms. The number of ether oxygens (including phenoxy) is 1. The minimum absolute atomic E-state index is 0.0250. The van der Waals surface area contributed by atoms with Crippen molar-refractivity contribution in [3.05, 3.63) is 24.0 Å². The summed E-state index contributed by atoms with van der Waals surface area (Å²) in [5.74, 6) is 0.0250. The van der Waals surface area contributed by atoms with E-state index < -0.39 is 0 Å². The highest BCUT2D eigenvalue weighted by atomic mass is 16.5. The van der Waals surface area contributed by atoms with Crippen LogP contribution in [0.2, 0.25) is 0 Å². The summed E-state index contributed by atoms with van der Waals surface area (Å²) in [5, 5.41) is 5.96. The molecule has 0 aliphatic carbocycles. The summed E-state index contributed by atoms with van der Waals surface area (Å²) in [6.07, 6.45) is 1.78. The highest BCUT2D eigenvalue weighted by molar-refractivity contribution is 5.81. The monoisotopic (exact) mass is 278 g/mol. The molecule has 1 fully saturated rings. The second-order valence-corrected chi connectivity index (χ2v) is 4.74. The number of carbonyl (C=O) groups excluding carboxylic acids is 1. The number of pyridine rings is 1. The molecule has 2 N–H and O–H groups in total. The molecule has 6 nitrogen and oxygen atoms in total. The summed E-state index contributed by atoms with van der Waals surface area (Å²) in [4.78, 5) is 18.5. The highest BCUT2D eigenvalue weighted by Crippen LogP contribution is 2.14. The van der Waals surface area contributed by atoms with Crippen LogP contribution in [-0.2, 0) is 16.1 Å². The van der Waals surface area contributed by atoms with Gasteiger partial charge in [0.25, 0.3) is 0 Å². The molecule has 0 aromatic carbocycles. The molecule has 1 aliphatic rings. The molecular formula is C14H22N4O2. The SMILES string of the molecule is CCNC(=O)C1COCCN1Cc1cc(NC)ccn1. The van der Waals surface area contributed by atoms with Crippen molar-refractivity contribution in [2.45, 2.75) is 19.5 Å². The summed E-state index contributed by atoms with van der Waals surface area (Å²) in [7, 11) is 1.88. The van der Waals surface area contributed by atoms with Crippen LogP contribution >= 0.6 is 0 Å². The molecule has 0 spiro atoms. The Labute approximate surface area is 119 Å². The Balaban J connectivity index is 2.06. The van der Waals surface area contributed by atoms with Gasteiger partial charge in [-0.15, -0.1) is 0 Å². The van der Waals surface area contributed by atoms with E-state index in [-0.39, 0.29) is 11.9 Å². The lowest BCUT2D eigenvalue weighted by molar-refractivity contribution is -0.132. The normalized spacial score (nSPS) is 19.6. The van der Waals surface area contributed by atoms with Crippen LogP contribution in [0.5, 0.6) is 0 Å². The summed E-state index contributed by atoms with van der Waals surface area (Å²) >= 11 is 0. The quantitative estimate of drug-likeness (QED) is 0.819. The van der Waals surface area contributed by atoms with Gasteiger partial charge in [-0.2, -0.15) is 0 Å². The van der Waals surface area contributed by atoms with E-state index in [1.807, 2.05) is 26.1 Å². The fourth-order valence-corrected chi connectivity index (χ4v) is 2.29. The topological polar surface area (TPSA) is 66.5 Å². The first kappa shape index (κ1) is 14.7. The molecule has 0 radical (unpaired) electrons. The minimum Gasteiger partial charge on any atom is -0.388 e. The van der Waals surface area contributed by atoms with Crippen molar-refractivity contribution < 1.29 is 9.53 Å². The molecule has 1 aliphatic heterocycles. The van der Waals surface area contributed by atoms with Crippen LogP contribution in [0.4, 0.5) is 5.69 Å². The van der Waals surface area contributed by atoms with Crippen molar-refractivity contribution in [2.24, 2.45) is 0 Å². The van der Waals surface area contributed by atoms with Crippen molar-refractivity contribution in [3.8, 4) is 0 Å². The molecule has 2 rings (SSSR count). The van der Waals surface area contributed by atoms with Crippen molar-refractivity contribution in [3.63, 3.8) is 0 Å². The van der Waals surface area contributed by atoms with Crippen LogP contribution in [-0.4, -0.2) is 55.2 Å². The van der Waals surface area contributed by atoms with E-state index in [9.17, 15) is 4.79 Å².